The predicted molar refractivity (Wildman–Crippen MR) is 213 cm³/mol. The lowest BCUT2D eigenvalue weighted by molar-refractivity contribution is -0.122. The molecule has 0 atom stereocenters. The van der Waals surface area contributed by atoms with Crippen LogP contribution in [0, 0.1) is 20.8 Å². The standard InChI is InChI=1S/C42H61N7O4/c1-5-49(36-14-22-53-23-15-36)39-26-35(25-37(32(39)4)41(51)45-27-38-30(2)24-31(3)46-42(38)52)34-12-10-33(11-13-34)28-47-18-20-48(21-19-47)29-40(50)44-17-9-7-6-8-16-43/h10-13,24-26,36H,5-9,14-23,27-29,43H2,1-4H3,(H,44,50)(H,45,51)(H,46,52). The van der Waals surface area contributed by atoms with E-state index in [0.29, 0.717) is 23.7 Å². The first-order valence-electron chi connectivity index (χ1n) is 19.6. The van der Waals surface area contributed by atoms with Crippen LogP contribution in [0.1, 0.15) is 83.8 Å². The van der Waals surface area contributed by atoms with Crippen LogP contribution >= 0.6 is 0 Å². The highest BCUT2D eigenvalue weighted by Crippen LogP contribution is 2.34. The summed E-state index contributed by atoms with van der Waals surface area (Å²) in [4.78, 5) is 49.0. The Kier molecular flexibility index (Phi) is 15.1. The summed E-state index contributed by atoms with van der Waals surface area (Å²) < 4.78 is 5.68. The maximum absolute atomic E-state index is 13.9. The summed E-state index contributed by atoms with van der Waals surface area (Å²) in [6.45, 7) is 16.8. The number of aromatic amines is 1. The van der Waals surface area contributed by atoms with Gasteiger partial charge in [-0.3, -0.25) is 24.2 Å². The van der Waals surface area contributed by atoms with Crippen molar-refractivity contribution in [1.29, 1.82) is 0 Å². The molecule has 2 aromatic carbocycles. The minimum Gasteiger partial charge on any atom is -0.381 e. The number of carbonyl (C=O) groups is 2. The number of H-pyrrole nitrogens is 1. The monoisotopic (exact) mass is 727 g/mol. The molecule has 0 bridgehead atoms. The second-order valence-electron chi connectivity index (χ2n) is 14.7. The van der Waals surface area contributed by atoms with Crippen LogP contribution in [0.25, 0.3) is 11.1 Å². The Bertz CT molecular complexity index is 1710. The number of nitrogens with one attached hydrogen (secondary N) is 3. The number of hydrogen-bond acceptors (Lipinski definition) is 8. The zero-order valence-corrected chi connectivity index (χ0v) is 32.4. The molecule has 5 N–H and O–H groups in total. The van der Waals surface area contributed by atoms with Crippen LogP contribution in [0.2, 0.25) is 0 Å². The van der Waals surface area contributed by atoms with E-state index < -0.39 is 0 Å². The molecule has 11 nitrogen and oxygen atoms in total. The molecule has 288 valence electrons. The van der Waals surface area contributed by atoms with Crippen molar-refractivity contribution in [2.24, 2.45) is 5.73 Å². The molecule has 5 rings (SSSR count). The quantitative estimate of drug-likeness (QED) is 0.148. The number of hydrogen-bond donors (Lipinski definition) is 4. The Labute approximate surface area is 315 Å². The number of unbranched alkanes of at least 4 members (excludes halogenated alkanes) is 3. The van der Waals surface area contributed by atoms with E-state index in [2.05, 4.69) is 67.6 Å². The maximum atomic E-state index is 13.9. The predicted octanol–water partition coefficient (Wildman–Crippen LogP) is 4.66. The topological polar surface area (TPSA) is 136 Å². The van der Waals surface area contributed by atoms with Gasteiger partial charge in [0.15, 0.2) is 0 Å². The maximum Gasteiger partial charge on any atom is 0.253 e. The first-order chi connectivity index (χ1) is 25.7. The van der Waals surface area contributed by atoms with Gasteiger partial charge >= 0.3 is 0 Å². The first-order valence-corrected chi connectivity index (χ1v) is 19.6. The SMILES string of the molecule is CCN(c1cc(-c2ccc(CN3CCN(CC(=O)NCCCCCCN)CC3)cc2)cc(C(=O)NCc2c(C)cc(C)[nH]c2=O)c1C)C1CCOCC1. The third kappa shape index (κ3) is 11.2. The molecular weight excluding hydrogens is 667 g/mol. The molecule has 0 unspecified atom stereocenters. The van der Waals surface area contributed by atoms with Crippen molar-refractivity contribution >= 4 is 17.5 Å². The van der Waals surface area contributed by atoms with Gasteiger partial charge in [-0.15, -0.1) is 0 Å². The zero-order chi connectivity index (χ0) is 37.7. The van der Waals surface area contributed by atoms with Gasteiger partial charge in [0, 0.05) is 94.1 Å². The van der Waals surface area contributed by atoms with Crippen LogP contribution in [0.4, 0.5) is 5.69 Å². The molecule has 0 saturated carbocycles. The van der Waals surface area contributed by atoms with E-state index in [1.807, 2.05) is 32.9 Å². The summed E-state index contributed by atoms with van der Waals surface area (Å²) in [7, 11) is 0. The number of anilines is 1. The zero-order valence-electron chi connectivity index (χ0n) is 32.4. The van der Waals surface area contributed by atoms with Crippen molar-refractivity contribution in [2.45, 2.75) is 85.4 Å². The number of pyridine rings is 1. The van der Waals surface area contributed by atoms with E-state index in [9.17, 15) is 14.4 Å². The van der Waals surface area contributed by atoms with Crippen LogP contribution in [0.5, 0.6) is 0 Å². The van der Waals surface area contributed by atoms with Crippen LogP contribution < -0.4 is 26.8 Å². The molecule has 11 heteroatoms. The number of piperazine rings is 1. The lowest BCUT2D eigenvalue weighted by atomic mass is 9.94. The van der Waals surface area contributed by atoms with Gasteiger partial charge in [-0.05, 0) is 106 Å². The molecule has 2 aliphatic heterocycles. The van der Waals surface area contributed by atoms with Crippen LogP contribution in [0.3, 0.4) is 0 Å². The number of amides is 2. The Morgan fingerprint density at radius 1 is 0.906 bits per heavy atom. The van der Waals surface area contributed by atoms with Crippen LogP contribution in [-0.2, 0) is 22.6 Å². The van der Waals surface area contributed by atoms with Gasteiger partial charge in [-0.1, -0.05) is 37.1 Å². The molecule has 0 aliphatic carbocycles. The van der Waals surface area contributed by atoms with Crippen molar-refractivity contribution in [1.82, 2.24) is 25.4 Å². The fourth-order valence-electron chi connectivity index (χ4n) is 7.66. The van der Waals surface area contributed by atoms with Gasteiger partial charge in [0.25, 0.3) is 11.5 Å². The molecular formula is C42H61N7O4. The number of nitrogens with two attached hydrogens (primary N) is 1. The number of aryl methyl sites for hydroxylation is 2. The number of carbonyl (C=O) groups excluding carboxylic acids is 2. The summed E-state index contributed by atoms with van der Waals surface area (Å²) in [5.41, 5.74) is 13.5. The average molecular weight is 728 g/mol. The molecule has 2 amide bonds. The van der Waals surface area contributed by atoms with Crippen molar-refractivity contribution in [2.75, 3.05) is 70.5 Å². The van der Waals surface area contributed by atoms with Crippen molar-refractivity contribution in [3.63, 3.8) is 0 Å². The van der Waals surface area contributed by atoms with Gasteiger partial charge in [0.1, 0.15) is 0 Å². The second kappa shape index (κ2) is 19.9. The number of ether oxygens (including phenoxy) is 1. The minimum absolute atomic E-state index is 0.110. The molecule has 2 aliphatic rings. The van der Waals surface area contributed by atoms with Gasteiger partial charge in [-0.25, -0.2) is 0 Å². The highest BCUT2D eigenvalue weighted by Gasteiger charge is 2.25. The largest absolute Gasteiger partial charge is 0.381 e. The molecule has 2 fully saturated rings. The minimum atomic E-state index is -0.195. The van der Waals surface area contributed by atoms with Gasteiger partial charge in [0.2, 0.25) is 5.91 Å². The normalized spacial score (nSPS) is 15.7. The Balaban J connectivity index is 1.25. The average Bonchev–Trinajstić information content (AvgIpc) is 3.15. The molecule has 3 aromatic rings. The Hall–Kier alpha value is -4.03. The third-order valence-electron chi connectivity index (χ3n) is 10.8. The second-order valence-corrected chi connectivity index (χ2v) is 14.7. The first kappa shape index (κ1) is 40.2. The van der Waals surface area contributed by atoms with Crippen molar-refractivity contribution in [3.05, 3.63) is 86.3 Å². The van der Waals surface area contributed by atoms with Gasteiger partial charge in [0.05, 0.1) is 6.54 Å². The summed E-state index contributed by atoms with van der Waals surface area (Å²) in [5.74, 6) is -0.0845. The number of rotatable bonds is 17. The molecule has 0 spiro atoms. The van der Waals surface area contributed by atoms with E-state index in [0.717, 1.165) is 138 Å². The highest BCUT2D eigenvalue weighted by molar-refractivity contribution is 5.99. The van der Waals surface area contributed by atoms with Crippen molar-refractivity contribution in [3.8, 4) is 11.1 Å². The van der Waals surface area contributed by atoms with E-state index in [4.69, 9.17) is 10.5 Å². The van der Waals surface area contributed by atoms with Crippen LogP contribution in [-0.4, -0.2) is 98.2 Å². The lowest BCUT2D eigenvalue weighted by Gasteiger charge is -2.37. The van der Waals surface area contributed by atoms with Gasteiger partial charge < -0.3 is 31.0 Å². The van der Waals surface area contributed by atoms with E-state index in [1.54, 1.807) is 0 Å². The summed E-state index contributed by atoms with van der Waals surface area (Å²) in [5, 5.41) is 6.12. The molecule has 0 radical (unpaired) electrons. The fourth-order valence-corrected chi connectivity index (χ4v) is 7.66. The molecule has 2 saturated heterocycles. The highest BCUT2D eigenvalue weighted by atomic mass is 16.5. The third-order valence-corrected chi connectivity index (χ3v) is 10.8. The summed E-state index contributed by atoms with van der Waals surface area (Å²) in [6, 6.07) is 15.2. The number of benzene rings is 2. The van der Waals surface area contributed by atoms with Crippen LogP contribution in [0.15, 0.2) is 47.3 Å². The number of nitrogens with zero attached hydrogens (tertiary/aromatic N) is 3. The van der Waals surface area contributed by atoms with E-state index >= 15 is 0 Å². The van der Waals surface area contributed by atoms with E-state index in [1.165, 1.54) is 5.56 Å². The molecule has 1 aromatic heterocycles. The fraction of sp³-hybridized carbons (Fsp3) is 0.548. The molecule has 53 heavy (non-hydrogen) atoms. The Morgan fingerprint density at radius 2 is 1.60 bits per heavy atom. The van der Waals surface area contributed by atoms with Crippen molar-refractivity contribution < 1.29 is 14.3 Å². The Morgan fingerprint density at radius 3 is 2.28 bits per heavy atom. The summed E-state index contributed by atoms with van der Waals surface area (Å²) in [6.07, 6.45) is 6.17. The molecule has 3 heterocycles. The van der Waals surface area contributed by atoms with Gasteiger partial charge in [-0.2, -0.15) is 0 Å². The lowest BCUT2D eigenvalue weighted by Crippen LogP contribution is -2.49. The van der Waals surface area contributed by atoms with E-state index in [-0.39, 0.29) is 23.9 Å². The summed E-state index contributed by atoms with van der Waals surface area (Å²) >= 11 is 0. The number of aromatic nitrogens is 1. The smallest absolute Gasteiger partial charge is 0.253 e.